The highest BCUT2D eigenvalue weighted by molar-refractivity contribution is 7.98. The van der Waals surface area contributed by atoms with Gasteiger partial charge in [-0.25, -0.2) is 9.78 Å². The van der Waals surface area contributed by atoms with Gasteiger partial charge in [-0.05, 0) is 35.9 Å². The Hall–Kier alpha value is -3.32. The van der Waals surface area contributed by atoms with Crippen molar-refractivity contribution in [3.63, 3.8) is 0 Å². The summed E-state index contributed by atoms with van der Waals surface area (Å²) in [4.78, 5) is 31.7. The summed E-state index contributed by atoms with van der Waals surface area (Å²) in [6, 6.07) is 18.0. The number of oxazole rings is 1. The molecule has 28 heavy (non-hydrogen) atoms. The summed E-state index contributed by atoms with van der Waals surface area (Å²) in [6.45, 7) is -0.314. The molecular formula is C21H16N2O4S. The van der Waals surface area contributed by atoms with E-state index in [0.717, 1.165) is 16.7 Å². The molecule has 0 bridgehead atoms. The number of ether oxygens (including phenoxy) is 1. The predicted molar refractivity (Wildman–Crippen MR) is 105 cm³/mol. The molecule has 0 saturated carbocycles. The number of carbonyl (C=O) groups is 2. The molecule has 2 heterocycles. The first kappa shape index (κ1) is 18.1. The van der Waals surface area contributed by atoms with Crippen molar-refractivity contribution in [1.29, 1.82) is 0 Å². The molecule has 140 valence electrons. The molecule has 7 heteroatoms. The van der Waals surface area contributed by atoms with E-state index in [9.17, 15) is 9.59 Å². The average Bonchev–Trinajstić information content (AvgIpc) is 3.40. The second-order valence-corrected chi connectivity index (χ2v) is 6.90. The molecule has 0 radical (unpaired) electrons. The van der Waals surface area contributed by atoms with E-state index in [1.807, 2.05) is 36.4 Å². The maximum atomic E-state index is 12.5. The third kappa shape index (κ3) is 3.99. The van der Waals surface area contributed by atoms with Crippen LogP contribution in [0.3, 0.4) is 0 Å². The Kier molecular flexibility index (Phi) is 5.25. The van der Waals surface area contributed by atoms with E-state index >= 15 is 0 Å². The molecule has 0 aliphatic rings. The molecule has 0 saturated heterocycles. The first-order valence-corrected chi connectivity index (χ1v) is 9.59. The van der Waals surface area contributed by atoms with E-state index < -0.39 is 5.97 Å². The van der Waals surface area contributed by atoms with E-state index in [0.29, 0.717) is 22.2 Å². The minimum absolute atomic E-state index is 0.281. The number of Topliss-reactive ketones (excluding diaryl/α,β-unsaturated/α-hetero) is 1. The number of fused-ring (bicyclic) bond motifs is 1. The fraction of sp³-hybridized carbons (Fsp3) is 0.0952. The summed E-state index contributed by atoms with van der Waals surface area (Å²) in [7, 11) is 0. The molecule has 1 N–H and O–H groups in total. The van der Waals surface area contributed by atoms with Crippen molar-refractivity contribution in [2.24, 2.45) is 0 Å². The number of H-pyrrole nitrogens is 1. The van der Waals surface area contributed by atoms with Crippen LogP contribution in [-0.4, -0.2) is 28.3 Å². The van der Waals surface area contributed by atoms with Gasteiger partial charge >= 0.3 is 5.97 Å². The number of ketones is 1. The van der Waals surface area contributed by atoms with Crippen LogP contribution >= 0.6 is 11.8 Å². The number of thioether (sulfide) groups is 1. The number of benzene rings is 2. The van der Waals surface area contributed by atoms with Crippen molar-refractivity contribution in [3.8, 4) is 0 Å². The van der Waals surface area contributed by atoms with E-state index in [4.69, 9.17) is 9.15 Å². The fourth-order valence-electron chi connectivity index (χ4n) is 2.69. The van der Waals surface area contributed by atoms with Crippen molar-refractivity contribution >= 4 is 34.6 Å². The molecule has 6 nitrogen and oxygen atoms in total. The number of nitrogens with one attached hydrogen (secondary N) is 1. The molecule has 0 atom stereocenters. The zero-order valence-electron chi connectivity index (χ0n) is 14.8. The quantitative estimate of drug-likeness (QED) is 0.283. The maximum absolute atomic E-state index is 12.5. The van der Waals surface area contributed by atoms with Gasteiger partial charge in [0.2, 0.25) is 5.78 Å². The van der Waals surface area contributed by atoms with Gasteiger partial charge in [-0.15, -0.1) is 0 Å². The van der Waals surface area contributed by atoms with Crippen LogP contribution in [0.5, 0.6) is 0 Å². The number of para-hydroxylation sites is 2. The zero-order chi connectivity index (χ0) is 19.3. The lowest BCUT2D eigenvalue weighted by atomic mass is 10.1. The minimum Gasteiger partial charge on any atom is -0.454 e. The van der Waals surface area contributed by atoms with Crippen LogP contribution in [-0.2, 0) is 10.5 Å². The Balaban J connectivity index is 1.42. The predicted octanol–water partition coefficient (Wildman–Crippen LogP) is 4.49. The lowest BCUT2D eigenvalue weighted by Crippen LogP contribution is -2.15. The van der Waals surface area contributed by atoms with Crippen molar-refractivity contribution < 1.29 is 18.7 Å². The van der Waals surface area contributed by atoms with Crippen molar-refractivity contribution in [2.45, 2.75) is 11.0 Å². The SMILES string of the molecule is O=C(COC(=O)c1ccccc1CSc1nc2ccccc2o1)c1ccc[nH]1. The third-order valence-electron chi connectivity index (χ3n) is 4.10. The first-order valence-electron chi connectivity index (χ1n) is 8.61. The molecule has 0 aliphatic carbocycles. The van der Waals surface area contributed by atoms with Crippen molar-refractivity contribution in [3.05, 3.63) is 83.7 Å². The number of nitrogens with zero attached hydrogens (tertiary/aromatic N) is 1. The van der Waals surface area contributed by atoms with Crippen LogP contribution < -0.4 is 0 Å². The highest BCUT2D eigenvalue weighted by atomic mass is 32.2. The number of rotatable bonds is 7. The van der Waals surface area contributed by atoms with Gasteiger partial charge in [0.25, 0.3) is 5.22 Å². The first-order chi connectivity index (χ1) is 13.7. The standard InChI is InChI=1S/C21H16N2O4S/c24-18(16-9-5-11-22-16)12-26-20(25)15-7-2-1-6-14(15)13-28-21-23-17-8-3-4-10-19(17)27-21/h1-11,22H,12-13H2. The fourth-order valence-corrected chi connectivity index (χ4v) is 3.53. The highest BCUT2D eigenvalue weighted by Gasteiger charge is 2.16. The molecule has 0 spiro atoms. The summed E-state index contributed by atoms with van der Waals surface area (Å²) in [5.74, 6) is -0.326. The molecule has 4 aromatic rings. The van der Waals surface area contributed by atoms with Gasteiger partial charge in [-0.3, -0.25) is 4.79 Å². The summed E-state index contributed by atoms with van der Waals surface area (Å²) >= 11 is 1.40. The lowest BCUT2D eigenvalue weighted by molar-refractivity contribution is 0.0473. The largest absolute Gasteiger partial charge is 0.454 e. The van der Waals surface area contributed by atoms with E-state index in [-0.39, 0.29) is 12.4 Å². The van der Waals surface area contributed by atoms with Gasteiger partial charge in [0.1, 0.15) is 5.52 Å². The van der Waals surface area contributed by atoms with E-state index in [2.05, 4.69) is 9.97 Å². The molecule has 2 aromatic carbocycles. The van der Waals surface area contributed by atoms with Gasteiger partial charge in [-0.2, -0.15) is 0 Å². The van der Waals surface area contributed by atoms with Crippen LogP contribution in [0.25, 0.3) is 11.1 Å². The lowest BCUT2D eigenvalue weighted by Gasteiger charge is -2.08. The Morgan fingerprint density at radius 2 is 1.86 bits per heavy atom. The maximum Gasteiger partial charge on any atom is 0.338 e. The Labute approximate surface area is 164 Å². The summed E-state index contributed by atoms with van der Waals surface area (Å²) in [6.07, 6.45) is 1.65. The van der Waals surface area contributed by atoms with Crippen LogP contribution in [0.15, 0.2) is 76.5 Å². The topological polar surface area (TPSA) is 85.2 Å². The van der Waals surface area contributed by atoms with Gasteiger partial charge in [0.05, 0.1) is 11.3 Å². The molecule has 2 aromatic heterocycles. The number of hydrogen-bond acceptors (Lipinski definition) is 6. The van der Waals surface area contributed by atoms with Crippen molar-refractivity contribution in [1.82, 2.24) is 9.97 Å². The smallest absolute Gasteiger partial charge is 0.338 e. The summed E-state index contributed by atoms with van der Waals surface area (Å²) in [5, 5.41) is 0.534. The number of carbonyl (C=O) groups excluding carboxylic acids is 2. The Morgan fingerprint density at radius 1 is 1.04 bits per heavy atom. The average molecular weight is 392 g/mol. The van der Waals surface area contributed by atoms with Crippen LogP contribution in [0.2, 0.25) is 0 Å². The molecule has 0 amide bonds. The third-order valence-corrected chi connectivity index (χ3v) is 4.97. The number of aromatic nitrogens is 2. The monoisotopic (exact) mass is 392 g/mol. The summed E-state index contributed by atoms with van der Waals surface area (Å²) in [5.41, 5.74) is 3.13. The Bertz CT molecular complexity index is 1090. The molecule has 4 rings (SSSR count). The summed E-state index contributed by atoms with van der Waals surface area (Å²) < 4.78 is 10.9. The molecule has 0 fully saturated rings. The van der Waals surface area contributed by atoms with Crippen molar-refractivity contribution in [2.75, 3.05) is 6.61 Å². The molecule has 0 unspecified atom stereocenters. The van der Waals surface area contributed by atoms with E-state index in [1.54, 1.807) is 30.5 Å². The van der Waals surface area contributed by atoms with E-state index in [1.165, 1.54) is 11.8 Å². The Morgan fingerprint density at radius 3 is 2.68 bits per heavy atom. The zero-order valence-corrected chi connectivity index (χ0v) is 15.6. The van der Waals surface area contributed by atoms with Crippen LogP contribution in [0.4, 0.5) is 0 Å². The minimum atomic E-state index is -0.534. The van der Waals surface area contributed by atoms with Gasteiger partial charge in [0.15, 0.2) is 12.2 Å². The normalized spacial score (nSPS) is 10.9. The van der Waals surface area contributed by atoms with Gasteiger partial charge < -0.3 is 14.1 Å². The van der Waals surface area contributed by atoms with Crippen LogP contribution in [0.1, 0.15) is 26.4 Å². The van der Waals surface area contributed by atoms with Gasteiger partial charge in [-0.1, -0.05) is 42.1 Å². The number of aromatic amines is 1. The van der Waals surface area contributed by atoms with Crippen LogP contribution in [0, 0.1) is 0 Å². The highest BCUT2D eigenvalue weighted by Crippen LogP contribution is 2.27. The van der Waals surface area contributed by atoms with Gasteiger partial charge in [0, 0.05) is 11.9 Å². The second kappa shape index (κ2) is 8.14. The number of esters is 1. The number of hydrogen-bond donors (Lipinski definition) is 1. The second-order valence-electron chi connectivity index (χ2n) is 5.98. The molecule has 0 aliphatic heterocycles. The molecular weight excluding hydrogens is 376 g/mol.